The highest BCUT2D eigenvalue weighted by molar-refractivity contribution is 6.04. The predicted molar refractivity (Wildman–Crippen MR) is 71.1 cm³/mol. The maximum absolute atomic E-state index is 12.1. The summed E-state index contributed by atoms with van der Waals surface area (Å²) in [5, 5.41) is 0. The van der Waals surface area contributed by atoms with Crippen molar-refractivity contribution >= 4 is 14.0 Å². The largest absolute Gasteiger partial charge is 0.463 e. The molecule has 2 aliphatic heterocycles. The zero-order chi connectivity index (χ0) is 13.3. The Hall–Kier alpha value is -1.07. The van der Waals surface area contributed by atoms with Crippen molar-refractivity contribution in [1.29, 1.82) is 0 Å². The molecule has 2 aliphatic rings. The Balaban J connectivity index is 2.36. The molecule has 0 saturated carbocycles. The molecule has 2 heterocycles. The summed E-state index contributed by atoms with van der Waals surface area (Å²) in [5.74, 6) is -0.238. The zero-order valence-electron chi connectivity index (χ0n) is 11.1. The van der Waals surface area contributed by atoms with E-state index >= 15 is 0 Å². The van der Waals surface area contributed by atoms with Gasteiger partial charge in [0.2, 0.25) is 0 Å². The Morgan fingerprint density at radius 2 is 2.33 bits per heavy atom. The van der Waals surface area contributed by atoms with E-state index in [9.17, 15) is 4.79 Å². The van der Waals surface area contributed by atoms with Gasteiger partial charge in [0, 0.05) is 19.1 Å². The predicted octanol–water partition coefficient (Wildman–Crippen LogP) is 0.504. The van der Waals surface area contributed by atoms with Crippen molar-refractivity contribution in [3.8, 4) is 0 Å². The second-order valence-corrected chi connectivity index (χ2v) is 4.86. The van der Waals surface area contributed by atoms with Crippen LogP contribution in [-0.2, 0) is 9.53 Å². The molecular weight excluding hydrogens is 227 g/mol. The molecule has 2 bridgehead atoms. The summed E-state index contributed by atoms with van der Waals surface area (Å²) in [6.45, 7) is 7.50. The van der Waals surface area contributed by atoms with E-state index in [-0.39, 0.29) is 12.0 Å². The quantitative estimate of drug-likeness (QED) is 0.536. The van der Waals surface area contributed by atoms with Crippen LogP contribution < -0.4 is 0 Å². The number of ether oxygens (including phenoxy) is 1. The van der Waals surface area contributed by atoms with E-state index in [0.29, 0.717) is 19.2 Å². The van der Waals surface area contributed by atoms with Crippen molar-refractivity contribution in [2.45, 2.75) is 25.4 Å². The van der Waals surface area contributed by atoms with Gasteiger partial charge in [0.1, 0.15) is 0 Å². The van der Waals surface area contributed by atoms with Gasteiger partial charge in [-0.3, -0.25) is 4.90 Å². The number of carbonyl (C=O) groups is 1. The number of rotatable bonds is 3. The molecule has 18 heavy (non-hydrogen) atoms. The fourth-order valence-corrected chi connectivity index (χ4v) is 2.83. The molecule has 2 atom stereocenters. The van der Waals surface area contributed by atoms with Crippen LogP contribution in [0.3, 0.4) is 0 Å². The zero-order valence-corrected chi connectivity index (χ0v) is 11.1. The molecule has 2 rings (SSSR count). The van der Waals surface area contributed by atoms with Gasteiger partial charge in [-0.2, -0.15) is 0 Å². The molecule has 1 fully saturated rings. The van der Waals surface area contributed by atoms with Gasteiger partial charge in [-0.05, 0) is 26.0 Å². The molecular formula is C13H19BN2O2. The van der Waals surface area contributed by atoms with Crippen molar-refractivity contribution in [3.63, 3.8) is 0 Å². The highest BCUT2D eigenvalue weighted by Crippen LogP contribution is 2.32. The fraction of sp³-hybridized carbons (Fsp3) is 0.615. The number of hydrogen-bond donors (Lipinski definition) is 0. The van der Waals surface area contributed by atoms with E-state index in [2.05, 4.69) is 11.5 Å². The van der Waals surface area contributed by atoms with Crippen molar-refractivity contribution in [2.75, 3.05) is 26.7 Å². The van der Waals surface area contributed by atoms with Gasteiger partial charge in [-0.25, -0.2) is 4.79 Å². The molecule has 96 valence electrons. The topological polar surface area (TPSA) is 32.8 Å². The van der Waals surface area contributed by atoms with E-state index in [1.807, 2.05) is 14.0 Å². The van der Waals surface area contributed by atoms with Crippen LogP contribution in [0.4, 0.5) is 0 Å². The summed E-state index contributed by atoms with van der Waals surface area (Å²) in [6, 6.07) is 0.356. The third-order valence-electron chi connectivity index (χ3n) is 3.80. The molecule has 0 spiro atoms. The first-order valence-corrected chi connectivity index (χ1v) is 6.32. The first-order chi connectivity index (χ1) is 8.58. The van der Waals surface area contributed by atoms with E-state index in [1.165, 1.54) is 0 Å². The Morgan fingerprint density at radius 3 is 2.94 bits per heavy atom. The van der Waals surface area contributed by atoms with Crippen molar-refractivity contribution in [2.24, 2.45) is 0 Å². The molecule has 0 aromatic carbocycles. The number of esters is 1. The minimum absolute atomic E-state index is 0.00884. The van der Waals surface area contributed by atoms with Crippen molar-refractivity contribution < 1.29 is 9.53 Å². The lowest BCUT2D eigenvalue weighted by atomic mass is 9.84. The third-order valence-corrected chi connectivity index (χ3v) is 3.80. The molecule has 0 amide bonds. The Morgan fingerprint density at radius 1 is 1.61 bits per heavy atom. The average Bonchev–Trinajstić information content (AvgIpc) is 2.31. The molecule has 0 aromatic heterocycles. The van der Waals surface area contributed by atoms with Crippen LogP contribution in [0.1, 0.15) is 13.3 Å². The number of allylic oxidation sites excluding steroid dienone is 1. The van der Waals surface area contributed by atoms with Crippen LogP contribution in [0, 0.1) is 0 Å². The van der Waals surface area contributed by atoms with Crippen LogP contribution >= 0.6 is 0 Å². The third kappa shape index (κ3) is 2.25. The summed E-state index contributed by atoms with van der Waals surface area (Å²) in [7, 11) is 7.96. The number of piperazine rings is 1. The Kier molecular flexibility index (Phi) is 3.92. The second kappa shape index (κ2) is 5.28. The average molecular weight is 246 g/mol. The molecule has 2 unspecified atom stereocenters. The Bertz CT molecular complexity index is 394. The van der Waals surface area contributed by atoms with E-state index in [1.54, 1.807) is 10.9 Å². The van der Waals surface area contributed by atoms with Crippen molar-refractivity contribution in [3.05, 3.63) is 23.8 Å². The summed E-state index contributed by atoms with van der Waals surface area (Å²) >= 11 is 0. The normalized spacial score (nSPS) is 29.2. The van der Waals surface area contributed by atoms with Gasteiger partial charge >= 0.3 is 5.97 Å². The van der Waals surface area contributed by atoms with Crippen LogP contribution in [0.2, 0.25) is 0 Å². The maximum atomic E-state index is 12.1. The molecule has 0 aliphatic carbocycles. The maximum Gasteiger partial charge on any atom is 0.335 e. The van der Waals surface area contributed by atoms with Crippen molar-refractivity contribution in [1.82, 2.24) is 9.71 Å². The van der Waals surface area contributed by atoms with Gasteiger partial charge in [-0.15, -0.1) is 0 Å². The molecule has 4 nitrogen and oxygen atoms in total. The fourth-order valence-electron chi connectivity index (χ4n) is 2.83. The summed E-state index contributed by atoms with van der Waals surface area (Å²) in [6.07, 6.45) is 2.59. The SMILES string of the molecule is [B]N1CC2CC(C=C)=C(C(=O)OCC)C(C1)N2C. The number of likely N-dealkylation sites (N-methyl/N-ethyl adjacent to an activating group) is 1. The number of carbonyl (C=O) groups excluding carboxylic acids is 1. The minimum atomic E-state index is -0.238. The molecule has 0 aromatic rings. The standard InChI is InChI=1S/C13H19BN2O2/c1-4-9-6-10-7-16(14)8-11(15(10)3)12(9)13(17)18-5-2/h4,10-11H,1,5-8H2,2-3H3. The number of nitrogens with zero attached hydrogens (tertiary/aromatic N) is 2. The first kappa shape index (κ1) is 13.4. The summed E-state index contributed by atoms with van der Waals surface area (Å²) in [5.41, 5.74) is 1.73. The smallest absolute Gasteiger partial charge is 0.335 e. The van der Waals surface area contributed by atoms with Crippen LogP contribution in [0.15, 0.2) is 23.8 Å². The lowest BCUT2D eigenvalue weighted by Gasteiger charge is -2.48. The van der Waals surface area contributed by atoms with Gasteiger partial charge in [0.15, 0.2) is 7.98 Å². The highest BCUT2D eigenvalue weighted by Gasteiger charge is 2.40. The lowest BCUT2D eigenvalue weighted by Crippen LogP contribution is -2.60. The van der Waals surface area contributed by atoms with Crippen LogP contribution in [-0.4, -0.2) is 62.5 Å². The lowest BCUT2D eigenvalue weighted by molar-refractivity contribution is -0.140. The minimum Gasteiger partial charge on any atom is -0.463 e. The Labute approximate surface area is 110 Å². The molecule has 0 N–H and O–H groups in total. The van der Waals surface area contributed by atoms with Gasteiger partial charge in [0.25, 0.3) is 0 Å². The first-order valence-electron chi connectivity index (χ1n) is 6.32. The van der Waals surface area contributed by atoms with E-state index in [4.69, 9.17) is 12.7 Å². The molecule has 1 saturated heterocycles. The number of hydrogen-bond acceptors (Lipinski definition) is 4. The van der Waals surface area contributed by atoms with E-state index in [0.717, 1.165) is 24.1 Å². The van der Waals surface area contributed by atoms with Gasteiger partial charge in [0.05, 0.1) is 18.2 Å². The summed E-state index contributed by atoms with van der Waals surface area (Å²) < 4.78 is 5.16. The highest BCUT2D eigenvalue weighted by atomic mass is 16.5. The monoisotopic (exact) mass is 246 g/mol. The van der Waals surface area contributed by atoms with Crippen LogP contribution in [0.25, 0.3) is 0 Å². The van der Waals surface area contributed by atoms with E-state index < -0.39 is 0 Å². The summed E-state index contributed by atoms with van der Waals surface area (Å²) in [4.78, 5) is 16.1. The van der Waals surface area contributed by atoms with Gasteiger partial charge in [-0.1, -0.05) is 12.7 Å². The van der Waals surface area contributed by atoms with Crippen LogP contribution in [0.5, 0.6) is 0 Å². The number of fused-ring (bicyclic) bond motifs is 2. The molecule has 2 radical (unpaired) electrons. The van der Waals surface area contributed by atoms with Gasteiger partial charge < -0.3 is 9.55 Å². The molecule has 5 heteroatoms. The second-order valence-electron chi connectivity index (χ2n) is 4.86.